The number of pyridine rings is 1. The molecular weight excluding hydrogens is 308 g/mol. The number of rotatable bonds is 4. The summed E-state index contributed by atoms with van der Waals surface area (Å²) < 4.78 is 0. The van der Waals surface area contributed by atoms with Crippen molar-refractivity contribution in [3.8, 4) is 10.6 Å². The Kier molecular flexibility index (Phi) is 4.25. The molecule has 0 radical (unpaired) electrons. The van der Waals surface area contributed by atoms with E-state index in [0.717, 1.165) is 22.0 Å². The number of thiophene rings is 1. The maximum absolute atomic E-state index is 12.3. The molecule has 0 saturated carbocycles. The Morgan fingerprint density at radius 2 is 2.09 bits per heavy atom. The van der Waals surface area contributed by atoms with Gasteiger partial charge in [-0.3, -0.25) is 14.9 Å². The zero-order valence-electron chi connectivity index (χ0n) is 13.3. The molecule has 0 aliphatic heterocycles. The summed E-state index contributed by atoms with van der Waals surface area (Å²) in [6, 6.07) is 11.4. The first kappa shape index (κ1) is 15.4. The van der Waals surface area contributed by atoms with Crippen molar-refractivity contribution >= 4 is 17.2 Å². The number of aromatic nitrogens is 3. The first-order chi connectivity index (χ1) is 11.0. The summed E-state index contributed by atoms with van der Waals surface area (Å²) in [6.07, 6.45) is 0. The number of amides is 1. The minimum atomic E-state index is -0.211. The van der Waals surface area contributed by atoms with Crippen LogP contribution in [0, 0.1) is 13.8 Å². The number of hydrogen-bond acceptors (Lipinski definition) is 4. The SMILES string of the molecule is Cc1cccc([C@@H](C)NC(=O)c2cc(-c3ccc(C)s3)[nH]n2)n1. The third-order valence-electron chi connectivity index (χ3n) is 3.52. The molecule has 0 aromatic carbocycles. The molecule has 5 nitrogen and oxygen atoms in total. The molecule has 3 aromatic heterocycles. The van der Waals surface area contributed by atoms with Crippen molar-refractivity contribution in [2.45, 2.75) is 26.8 Å². The van der Waals surface area contributed by atoms with Gasteiger partial charge in [-0.15, -0.1) is 11.3 Å². The first-order valence-electron chi connectivity index (χ1n) is 7.39. The van der Waals surface area contributed by atoms with Gasteiger partial charge in [-0.05, 0) is 51.1 Å². The van der Waals surface area contributed by atoms with Crippen LogP contribution >= 0.6 is 11.3 Å². The number of H-pyrrole nitrogens is 1. The first-order valence-corrected chi connectivity index (χ1v) is 8.21. The van der Waals surface area contributed by atoms with Crippen LogP contribution in [0.2, 0.25) is 0 Å². The van der Waals surface area contributed by atoms with Crippen molar-refractivity contribution in [2.75, 3.05) is 0 Å². The van der Waals surface area contributed by atoms with E-state index in [2.05, 4.69) is 27.4 Å². The number of aromatic amines is 1. The zero-order valence-corrected chi connectivity index (χ0v) is 14.1. The monoisotopic (exact) mass is 326 g/mol. The van der Waals surface area contributed by atoms with Gasteiger partial charge in [-0.25, -0.2) is 0 Å². The van der Waals surface area contributed by atoms with E-state index in [4.69, 9.17) is 0 Å². The second-order valence-corrected chi connectivity index (χ2v) is 6.76. The second kappa shape index (κ2) is 6.34. The normalized spacial score (nSPS) is 12.1. The lowest BCUT2D eigenvalue weighted by atomic mass is 10.2. The molecule has 0 bridgehead atoms. The highest BCUT2D eigenvalue weighted by molar-refractivity contribution is 7.15. The zero-order chi connectivity index (χ0) is 16.4. The highest BCUT2D eigenvalue weighted by atomic mass is 32.1. The van der Waals surface area contributed by atoms with Crippen LogP contribution in [0.5, 0.6) is 0 Å². The average molecular weight is 326 g/mol. The van der Waals surface area contributed by atoms with Gasteiger partial charge >= 0.3 is 0 Å². The van der Waals surface area contributed by atoms with Crippen LogP contribution in [-0.4, -0.2) is 21.1 Å². The standard InChI is InChI=1S/C17H18N4OS/c1-10-5-4-6-13(18-10)12(3)19-17(22)15-9-14(20-21-15)16-8-7-11(2)23-16/h4-9,12H,1-3H3,(H,19,22)(H,20,21)/t12-/m1/s1. The van der Waals surface area contributed by atoms with E-state index in [1.807, 2.05) is 44.2 Å². The summed E-state index contributed by atoms with van der Waals surface area (Å²) in [5, 5.41) is 9.97. The molecule has 6 heteroatoms. The molecule has 2 N–H and O–H groups in total. The van der Waals surface area contributed by atoms with E-state index in [-0.39, 0.29) is 11.9 Å². The van der Waals surface area contributed by atoms with E-state index in [0.29, 0.717) is 5.69 Å². The van der Waals surface area contributed by atoms with E-state index in [1.54, 1.807) is 17.4 Å². The molecule has 0 aliphatic rings. The van der Waals surface area contributed by atoms with Gasteiger partial charge in [0.1, 0.15) is 0 Å². The Morgan fingerprint density at radius 1 is 1.26 bits per heavy atom. The minimum Gasteiger partial charge on any atom is -0.343 e. The average Bonchev–Trinajstić information content (AvgIpc) is 3.15. The number of nitrogens with one attached hydrogen (secondary N) is 2. The highest BCUT2D eigenvalue weighted by Gasteiger charge is 2.16. The van der Waals surface area contributed by atoms with Gasteiger partial charge in [-0.1, -0.05) is 6.07 Å². The predicted octanol–water partition coefficient (Wildman–Crippen LogP) is 3.64. The highest BCUT2D eigenvalue weighted by Crippen LogP contribution is 2.26. The Hall–Kier alpha value is -2.47. The summed E-state index contributed by atoms with van der Waals surface area (Å²) >= 11 is 1.67. The topological polar surface area (TPSA) is 70.7 Å². The van der Waals surface area contributed by atoms with Crippen LogP contribution in [0.25, 0.3) is 10.6 Å². The summed E-state index contributed by atoms with van der Waals surface area (Å²) in [5.74, 6) is -0.211. The van der Waals surface area contributed by atoms with Gasteiger partial charge in [0.2, 0.25) is 0 Å². The molecule has 3 aromatic rings. The fraction of sp³-hybridized carbons (Fsp3) is 0.235. The molecule has 118 valence electrons. The lowest BCUT2D eigenvalue weighted by Gasteiger charge is -2.12. The smallest absolute Gasteiger partial charge is 0.272 e. The Labute approximate surface area is 138 Å². The second-order valence-electron chi connectivity index (χ2n) is 5.48. The molecule has 23 heavy (non-hydrogen) atoms. The van der Waals surface area contributed by atoms with Crippen LogP contribution in [-0.2, 0) is 0 Å². The summed E-state index contributed by atoms with van der Waals surface area (Å²) in [7, 11) is 0. The van der Waals surface area contributed by atoms with E-state index in [9.17, 15) is 4.79 Å². The lowest BCUT2D eigenvalue weighted by molar-refractivity contribution is 0.0934. The number of carbonyl (C=O) groups excluding carboxylic acids is 1. The molecule has 0 unspecified atom stereocenters. The number of aryl methyl sites for hydroxylation is 2. The number of nitrogens with zero attached hydrogens (tertiary/aromatic N) is 2. The van der Waals surface area contributed by atoms with Gasteiger partial charge in [-0.2, -0.15) is 5.10 Å². The van der Waals surface area contributed by atoms with E-state index >= 15 is 0 Å². The van der Waals surface area contributed by atoms with Gasteiger partial charge in [0, 0.05) is 10.6 Å². The Bertz CT molecular complexity index is 836. The number of carbonyl (C=O) groups is 1. The van der Waals surface area contributed by atoms with Crippen LogP contribution in [0.1, 0.15) is 39.7 Å². The molecule has 0 aliphatic carbocycles. The largest absolute Gasteiger partial charge is 0.343 e. The molecule has 0 fully saturated rings. The van der Waals surface area contributed by atoms with Crippen molar-refractivity contribution in [3.05, 3.63) is 58.4 Å². The molecule has 0 spiro atoms. The Morgan fingerprint density at radius 3 is 2.78 bits per heavy atom. The van der Waals surface area contributed by atoms with Crippen molar-refractivity contribution in [1.29, 1.82) is 0 Å². The van der Waals surface area contributed by atoms with E-state index in [1.165, 1.54) is 4.88 Å². The maximum atomic E-state index is 12.3. The van der Waals surface area contributed by atoms with Crippen molar-refractivity contribution < 1.29 is 4.79 Å². The molecule has 1 atom stereocenters. The summed E-state index contributed by atoms with van der Waals surface area (Å²) in [5.41, 5.74) is 3.00. The fourth-order valence-electron chi connectivity index (χ4n) is 2.29. The van der Waals surface area contributed by atoms with Crippen LogP contribution in [0.15, 0.2) is 36.4 Å². The summed E-state index contributed by atoms with van der Waals surface area (Å²) in [6.45, 7) is 5.89. The molecule has 3 heterocycles. The van der Waals surface area contributed by atoms with Gasteiger partial charge < -0.3 is 5.32 Å². The fourth-order valence-corrected chi connectivity index (χ4v) is 3.13. The molecular formula is C17H18N4OS. The van der Waals surface area contributed by atoms with Gasteiger partial charge in [0.05, 0.1) is 22.3 Å². The molecule has 3 rings (SSSR count). The Balaban J connectivity index is 1.72. The van der Waals surface area contributed by atoms with E-state index < -0.39 is 0 Å². The molecule has 0 saturated heterocycles. The van der Waals surface area contributed by atoms with Crippen LogP contribution in [0.3, 0.4) is 0 Å². The lowest BCUT2D eigenvalue weighted by Crippen LogP contribution is -2.27. The predicted molar refractivity (Wildman–Crippen MR) is 91.5 cm³/mol. The van der Waals surface area contributed by atoms with Crippen molar-refractivity contribution in [2.24, 2.45) is 0 Å². The van der Waals surface area contributed by atoms with Crippen molar-refractivity contribution in [3.63, 3.8) is 0 Å². The minimum absolute atomic E-state index is 0.175. The summed E-state index contributed by atoms with van der Waals surface area (Å²) in [4.78, 5) is 19.1. The van der Waals surface area contributed by atoms with Crippen LogP contribution < -0.4 is 5.32 Å². The number of hydrogen-bond donors (Lipinski definition) is 2. The maximum Gasteiger partial charge on any atom is 0.272 e. The third kappa shape index (κ3) is 3.48. The van der Waals surface area contributed by atoms with Crippen LogP contribution in [0.4, 0.5) is 0 Å². The quantitative estimate of drug-likeness (QED) is 0.769. The van der Waals surface area contributed by atoms with Gasteiger partial charge in [0.15, 0.2) is 5.69 Å². The third-order valence-corrected chi connectivity index (χ3v) is 4.55. The van der Waals surface area contributed by atoms with Crippen molar-refractivity contribution in [1.82, 2.24) is 20.5 Å². The molecule has 1 amide bonds. The van der Waals surface area contributed by atoms with Gasteiger partial charge in [0.25, 0.3) is 5.91 Å².